The molecular weight excluding hydrogens is 587 g/mol. The number of benzene rings is 3. The first-order chi connectivity index (χ1) is 18.0. The maximum absolute atomic E-state index is 6.70. The molecule has 5 aromatic rings. The van der Waals surface area contributed by atoms with E-state index in [9.17, 15) is 0 Å². The zero-order chi connectivity index (χ0) is 25.6. The van der Waals surface area contributed by atoms with Crippen molar-refractivity contribution in [3.63, 3.8) is 0 Å². The summed E-state index contributed by atoms with van der Waals surface area (Å²) in [4.78, 5) is 5.18. The number of nitrogens with zero attached hydrogens (tertiary/aromatic N) is 4. The summed E-state index contributed by atoms with van der Waals surface area (Å²) in [7, 11) is 0. The Morgan fingerprint density at radius 3 is 2.41 bits per heavy atom. The Balaban J connectivity index is 1.53. The van der Waals surface area contributed by atoms with Crippen LogP contribution in [-0.4, -0.2) is 19.7 Å². The molecule has 1 aliphatic rings. The van der Waals surface area contributed by atoms with Crippen LogP contribution in [0.4, 0.5) is 0 Å². The maximum Gasteiger partial charge on any atom is 0.168 e. The third-order valence-electron chi connectivity index (χ3n) is 6.83. The molecule has 1 fully saturated rings. The Morgan fingerprint density at radius 1 is 0.973 bits per heavy atom. The van der Waals surface area contributed by atoms with E-state index in [0.29, 0.717) is 10.0 Å². The fourth-order valence-corrected chi connectivity index (χ4v) is 6.71. The van der Waals surface area contributed by atoms with Gasteiger partial charge < -0.3 is 0 Å². The molecule has 3 aromatic carbocycles. The molecule has 186 valence electrons. The van der Waals surface area contributed by atoms with Crippen LogP contribution >= 0.6 is 50.5 Å². The summed E-state index contributed by atoms with van der Waals surface area (Å²) < 4.78 is 3.22. The lowest BCUT2D eigenvalue weighted by Crippen LogP contribution is -2.07. The van der Waals surface area contributed by atoms with Crippen LogP contribution in [0.2, 0.25) is 10.0 Å². The molecule has 0 atom stereocenters. The van der Waals surface area contributed by atoms with Crippen molar-refractivity contribution in [3.05, 3.63) is 104 Å². The van der Waals surface area contributed by atoms with Gasteiger partial charge in [-0.25, -0.2) is 4.98 Å². The summed E-state index contributed by atoms with van der Waals surface area (Å²) in [5, 5.41) is 12.4. The van der Waals surface area contributed by atoms with Gasteiger partial charge in [-0.2, -0.15) is 0 Å². The number of imidazole rings is 1. The maximum atomic E-state index is 6.70. The average molecular weight is 610 g/mol. The van der Waals surface area contributed by atoms with Gasteiger partial charge in [0.15, 0.2) is 5.01 Å². The molecule has 0 N–H and O–H groups in total. The molecule has 2 aromatic heterocycles. The van der Waals surface area contributed by atoms with Gasteiger partial charge >= 0.3 is 0 Å². The molecule has 1 saturated carbocycles. The molecule has 0 bridgehead atoms. The van der Waals surface area contributed by atoms with Crippen molar-refractivity contribution in [2.45, 2.75) is 38.0 Å². The number of halogens is 3. The summed E-state index contributed by atoms with van der Waals surface area (Å²) in [6, 6.07) is 24.4. The molecule has 0 unspecified atom stereocenters. The largest absolute Gasteiger partial charge is 0.296 e. The van der Waals surface area contributed by atoms with E-state index in [2.05, 4.69) is 75.0 Å². The van der Waals surface area contributed by atoms with Crippen LogP contribution < -0.4 is 0 Å². The lowest BCUT2D eigenvalue weighted by molar-refractivity contribution is 0.806. The number of aromatic nitrogens is 4. The van der Waals surface area contributed by atoms with Gasteiger partial charge in [0, 0.05) is 26.2 Å². The highest BCUT2D eigenvalue weighted by atomic mass is 79.9. The molecular formula is C29H23BrCl2N4S. The molecule has 0 amide bonds. The average Bonchev–Trinajstić information content (AvgIpc) is 3.42. The minimum absolute atomic E-state index is 0.0291. The number of hydrogen-bond acceptors (Lipinski definition) is 4. The van der Waals surface area contributed by atoms with Gasteiger partial charge in [-0.05, 0) is 67.3 Å². The second kappa shape index (κ2) is 9.99. The fourth-order valence-electron chi connectivity index (χ4n) is 4.83. The van der Waals surface area contributed by atoms with E-state index >= 15 is 0 Å². The second-order valence-electron chi connectivity index (χ2n) is 9.28. The van der Waals surface area contributed by atoms with E-state index < -0.39 is 0 Å². The fraction of sp³-hybridized carbons (Fsp3) is 0.207. The van der Waals surface area contributed by atoms with Gasteiger partial charge in [-0.3, -0.25) is 4.57 Å². The van der Waals surface area contributed by atoms with E-state index in [-0.39, 0.29) is 5.41 Å². The lowest BCUT2D eigenvalue weighted by Gasteiger charge is -2.13. The highest BCUT2D eigenvalue weighted by Gasteiger charge is 2.49. The molecule has 0 spiro atoms. The first-order valence-electron chi connectivity index (χ1n) is 12.2. The third kappa shape index (κ3) is 4.54. The Kier molecular flexibility index (Phi) is 6.70. The van der Waals surface area contributed by atoms with Crippen LogP contribution in [0.15, 0.2) is 77.3 Å². The lowest BCUT2D eigenvalue weighted by atomic mass is 9.97. The van der Waals surface area contributed by atoms with Crippen LogP contribution in [0.5, 0.6) is 0 Å². The SMILES string of the molecule is CCCc1c(-c2nnc(C3(c4ccccc4)CC3)s2)nc(-c2ccc(Cl)cc2Cl)n1-c1ccc(Br)cc1. The quantitative estimate of drug-likeness (QED) is 0.185. The molecule has 0 radical (unpaired) electrons. The van der Waals surface area contributed by atoms with Crippen LogP contribution in [0.3, 0.4) is 0 Å². The smallest absolute Gasteiger partial charge is 0.168 e. The van der Waals surface area contributed by atoms with Gasteiger partial charge in [-0.15, -0.1) is 10.2 Å². The Morgan fingerprint density at radius 2 is 1.73 bits per heavy atom. The number of hydrogen-bond donors (Lipinski definition) is 0. The molecule has 2 heterocycles. The first kappa shape index (κ1) is 24.8. The monoisotopic (exact) mass is 608 g/mol. The normalized spacial score (nSPS) is 14.2. The van der Waals surface area contributed by atoms with Gasteiger partial charge in [0.2, 0.25) is 0 Å². The summed E-state index contributed by atoms with van der Waals surface area (Å²) >= 11 is 18.1. The van der Waals surface area contributed by atoms with Crippen molar-refractivity contribution in [1.29, 1.82) is 0 Å². The summed E-state index contributed by atoms with van der Waals surface area (Å²) in [5.74, 6) is 0.767. The van der Waals surface area contributed by atoms with Gasteiger partial charge in [0.05, 0.1) is 10.7 Å². The van der Waals surface area contributed by atoms with E-state index in [4.69, 9.17) is 33.3 Å². The first-order valence-corrected chi connectivity index (χ1v) is 14.6. The van der Waals surface area contributed by atoms with Crippen LogP contribution in [0.1, 0.15) is 42.5 Å². The molecule has 37 heavy (non-hydrogen) atoms. The van der Waals surface area contributed by atoms with Crippen molar-refractivity contribution >= 4 is 50.5 Å². The van der Waals surface area contributed by atoms with Crippen molar-refractivity contribution in [3.8, 4) is 27.8 Å². The van der Waals surface area contributed by atoms with Gasteiger partial charge in [0.25, 0.3) is 0 Å². The Hall–Kier alpha value is -2.51. The third-order valence-corrected chi connectivity index (χ3v) is 9.04. The second-order valence-corrected chi connectivity index (χ2v) is 12.0. The van der Waals surface area contributed by atoms with E-state index in [1.54, 1.807) is 17.4 Å². The van der Waals surface area contributed by atoms with E-state index in [0.717, 1.165) is 68.6 Å². The summed E-state index contributed by atoms with van der Waals surface area (Å²) in [6.45, 7) is 2.18. The van der Waals surface area contributed by atoms with Crippen LogP contribution in [-0.2, 0) is 11.8 Å². The molecule has 4 nitrogen and oxygen atoms in total. The van der Waals surface area contributed by atoms with E-state index in [1.165, 1.54) is 5.56 Å². The Labute approximate surface area is 238 Å². The summed E-state index contributed by atoms with van der Waals surface area (Å²) in [6.07, 6.45) is 3.98. The van der Waals surface area contributed by atoms with E-state index in [1.807, 2.05) is 24.3 Å². The molecule has 0 aliphatic heterocycles. The highest BCUT2D eigenvalue weighted by Crippen LogP contribution is 2.55. The Bertz CT molecular complexity index is 1570. The zero-order valence-corrected chi connectivity index (χ0v) is 24.0. The minimum Gasteiger partial charge on any atom is -0.296 e. The zero-order valence-electron chi connectivity index (χ0n) is 20.1. The minimum atomic E-state index is -0.0291. The van der Waals surface area contributed by atoms with Crippen molar-refractivity contribution < 1.29 is 0 Å². The number of rotatable bonds is 7. The van der Waals surface area contributed by atoms with Crippen LogP contribution in [0.25, 0.3) is 27.8 Å². The summed E-state index contributed by atoms with van der Waals surface area (Å²) in [5.41, 5.74) is 5.07. The molecule has 0 saturated heterocycles. The van der Waals surface area contributed by atoms with Crippen molar-refractivity contribution in [1.82, 2.24) is 19.7 Å². The van der Waals surface area contributed by atoms with Crippen molar-refractivity contribution in [2.24, 2.45) is 0 Å². The molecule has 1 aliphatic carbocycles. The van der Waals surface area contributed by atoms with Gasteiger partial charge in [0.1, 0.15) is 16.5 Å². The van der Waals surface area contributed by atoms with Gasteiger partial charge in [-0.1, -0.05) is 94.1 Å². The predicted molar refractivity (Wildman–Crippen MR) is 156 cm³/mol. The molecule has 8 heteroatoms. The highest BCUT2D eigenvalue weighted by molar-refractivity contribution is 9.10. The standard InChI is InChI=1S/C29H23BrCl2N4S/c1-2-6-24-25(27-34-35-28(37-27)29(15-16-29)18-7-4-3-5-8-18)33-26(22-14-11-20(31)17-23(22)32)36(24)21-12-9-19(30)10-13-21/h3-5,7-14,17H,2,6,15-16H2,1H3. The molecule has 6 rings (SSSR count). The van der Waals surface area contributed by atoms with Crippen LogP contribution in [0, 0.1) is 0 Å². The topological polar surface area (TPSA) is 43.6 Å². The van der Waals surface area contributed by atoms with Crippen molar-refractivity contribution in [2.75, 3.05) is 0 Å². The predicted octanol–water partition coefficient (Wildman–Crippen LogP) is 9.16.